The van der Waals surface area contributed by atoms with Crippen LogP contribution in [0.2, 0.25) is 5.02 Å². The molecule has 0 radical (unpaired) electrons. The van der Waals surface area contributed by atoms with E-state index in [-0.39, 0.29) is 12.1 Å². The van der Waals surface area contributed by atoms with Gasteiger partial charge in [-0.3, -0.25) is 0 Å². The van der Waals surface area contributed by atoms with Gasteiger partial charge < -0.3 is 14.8 Å². The van der Waals surface area contributed by atoms with Gasteiger partial charge >= 0.3 is 12.2 Å². The molecule has 0 saturated carbocycles. The first-order valence-electron chi connectivity index (χ1n) is 11.6. The van der Waals surface area contributed by atoms with E-state index in [1.54, 1.807) is 4.90 Å². The number of rotatable bonds is 6. The number of halogens is 4. The van der Waals surface area contributed by atoms with Crippen LogP contribution < -0.4 is 5.32 Å². The summed E-state index contributed by atoms with van der Waals surface area (Å²) >= 11 is 6.01. The Morgan fingerprint density at radius 1 is 1.14 bits per heavy atom. The minimum atomic E-state index is -4.40. The Morgan fingerprint density at radius 3 is 2.46 bits per heavy atom. The predicted molar refractivity (Wildman–Crippen MR) is 127 cm³/mol. The van der Waals surface area contributed by atoms with E-state index in [0.717, 1.165) is 36.4 Å². The van der Waals surface area contributed by atoms with Crippen molar-refractivity contribution in [2.45, 2.75) is 57.9 Å². The van der Waals surface area contributed by atoms with Crippen molar-refractivity contribution in [2.75, 3.05) is 6.54 Å². The van der Waals surface area contributed by atoms with E-state index < -0.39 is 17.8 Å². The molecule has 1 aliphatic rings. The van der Waals surface area contributed by atoms with Crippen molar-refractivity contribution in [1.29, 1.82) is 0 Å². The van der Waals surface area contributed by atoms with Gasteiger partial charge in [0.25, 0.3) is 0 Å². The zero-order valence-electron chi connectivity index (χ0n) is 19.5. The number of hydrogen-bond donors (Lipinski definition) is 1. The first kappa shape index (κ1) is 25.0. The summed E-state index contributed by atoms with van der Waals surface area (Å²) in [6.45, 7) is 4.88. The van der Waals surface area contributed by atoms with Gasteiger partial charge in [-0.2, -0.15) is 13.2 Å². The van der Waals surface area contributed by atoms with Crippen molar-refractivity contribution in [3.05, 3.63) is 81.9 Å². The van der Waals surface area contributed by atoms with E-state index in [9.17, 15) is 18.0 Å². The number of alkyl halides is 3. The molecular weight excluding hydrogens is 479 g/mol. The van der Waals surface area contributed by atoms with Crippen molar-refractivity contribution >= 4 is 17.6 Å². The molecule has 1 fully saturated rings. The van der Waals surface area contributed by atoms with Gasteiger partial charge in [0.2, 0.25) is 0 Å². The molecule has 1 aliphatic heterocycles. The molecule has 2 atom stereocenters. The number of likely N-dealkylation sites (tertiary alicyclic amines) is 1. The highest BCUT2D eigenvalue weighted by Gasteiger charge is 2.35. The molecule has 3 aromatic rings. The molecule has 4 rings (SSSR count). The SMILES string of the molecule is CC[C@H](NC(=O)N1CCC[C@@H]1c1nnc(C)n1Cc1ccc(Cl)cc1)c1ccc(C(F)(F)F)cc1. The minimum Gasteiger partial charge on any atom is -0.331 e. The maximum Gasteiger partial charge on any atom is 0.416 e. The fraction of sp³-hybridized carbons (Fsp3) is 0.400. The molecule has 6 nitrogen and oxygen atoms in total. The number of carbonyl (C=O) groups is 1. The van der Waals surface area contributed by atoms with E-state index >= 15 is 0 Å². The van der Waals surface area contributed by atoms with Crippen molar-refractivity contribution < 1.29 is 18.0 Å². The Kier molecular flexibility index (Phi) is 7.35. The Hall–Kier alpha value is -3.07. The molecular formula is C25H27ClF3N5O. The van der Waals surface area contributed by atoms with Gasteiger partial charge in [0.15, 0.2) is 5.82 Å². The van der Waals surface area contributed by atoms with E-state index in [2.05, 4.69) is 15.5 Å². The van der Waals surface area contributed by atoms with E-state index in [1.165, 1.54) is 12.1 Å². The summed E-state index contributed by atoms with van der Waals surface area (Å²) < 4.78 is 40.8. The van der Waals surface area contributed by atoms with Crippen molar-refractivity contribution in [3.8, 4) is 0 Å². The lowest BCUT2D eigenvalue weighted by atomic mass is 10.0. The number of nitrogens with one attached hydrogen (secondary N) is 1. The van der Waals surface area contributed by atoms with Crippen LogP contribution in [0.5, 0.6) is 0 Å². The molecule has 0 aliphatic carbocycles. The molecule has 0 spiro atoms. The van der Waals surface area contributed by atoms with Crippen LogP contribution in [0.15, 0.2) is 48.5 Å². The Morgan fingerprint density at radius 2 is 1.83 bits per heavy atom. The van der Waals surface area contributed by atoms with Gasteiger partial charge in [0.1, 0.15) is 5.82 Å². The highest BCUT2D eigenvalue weighted by molar-refractivity contribution is 6.30. The van der Waals surface area contributed by atoms with Gasteiger partial charge in [0.05, 0.1) is 24.2 Å². The lowest BCUT2D eigenvalue weighted by Crippen LogP contribution is -2.41. The fourth-order valence-electron chi connectivity index (χ4n) is 4.45. The van der Waals surface area contributed by atoms with Crippen LogP contribution in [-0.2, 0) is 12.7 Å². The topological polar surface area (TPSA) is 63.1 Å². The monoisotopic (exact) mass is 505 g/mol. The van der Waals surface area contributed by atoms with Gasteiger partial charge in [-0.05, 0) is 61.6 Å². The molecule has 0 unspecified atom stereocenters. The smallest absolute Gasteiger partial charge is 0.331 e. The molecule has 10 heteroatoms. The van der Waals surface area contributed by atoms with Crippen LogP contribution in [0.4, 0.5) is 18.0 Å². The number of nitrogens with zero attached hydrogens (tertiary/aromatic N) is 4. The van der Waals surface area contributed by atoms with E-state index in [0.29, 0.717) is 35.9 Å². The van der Waals surface area contributed by atoms with E-state index in [4.69, 9.17) is 11.6 Å². The number of urea groups is 1. The Balaban J connectivity index is 1.51. The molecule has 2 heterocycles. The number of amides is 2. The second-order valence-corrected chi connectivity index (χ2v) is 9.14. The third-order valence-electron chi connectivity index (χ3n) is 6.38. The summed E-state index contributed by atoms with van der Waals surface area (Å²) in [6.07, 6.45) is -2.28. The van der Waals surface area contributed by atoms with Crippen LogP contribution in [0, 0.1) is 6.92 Å². The number of aromatic nitrogens is 3. The lowest BCUT2D eigenvalue weighted by molar-refractivity contribution is -0.137. The van der Waals surface area contributed by atoms with E-state index in [1.807, 2.05) is 42.7 Å². The summed E-state index contributed by atoms with van der Waals surface area (Å²) in [7, 11) is 0. The molecule has 0 bridgehead atoms. The average Bonchev–Trinajstić information content (AvgIpc) is 3.45. The summed E-state index contributed by atoms with van der Waals surface area (Å²) in [5.41, 5.74) is 0.963. The fourth-order valence-corrected chi connectivity index (χ4v) is 4.57. The van der Waals surface area contributed by atoms with Gasteiger partial charge in [-0.1, -0.05) is 42.8 Å². The minimum absolute atomic E-state index is 0.242. The van der Waals surface area contributed by atoms with Crippen LogP contribution >= 0.6 is 11.6 Å². The Labute approximate surface area is 207 Å². The largest absolute Gasteiger partial charge is 0.416 e. The van der Waals surface area contributed by atoms with Gasteiger partial charge in [-0.25, -0.2) is 4.79 Å². The quantitative estimate of drug-likeness (QED) is 0.427. The molecule has 186 valence electrons. The Bertz CT molecular complexity index is 1160. The third-order valence-corrected chi connectivity index (χ3v) is 6.63. The van der Waals surface area contributed by atoms with Crippen molar-refractivity contribution in [1.82, 2.24) is 25.0 Å². The second kappa shape index (κ2) is 10.3. The summed E-state index contributed by atoms with van der Waals surface area (Å²) in [5, 5.41) is 12.3. The van der Waals surface area contributed by atoms with Gasteiger partial charge in [0, 0.05) is 11.6 Å². The average molecular weight is 506 g/mol. The first-order chi connectivity index (χ1) is 16.7. The molecule has 2 aromatic carbocycles. The maximum atomic E-state index is 13.3. The zero-order valence-corrected chi connectivity index (χ0v) is 20.3. The zero-order chi connectivity index (χ0) is 25.2. The maximum absolute atomic E-state index is 13.3. The predicted octanol–water partition coefficient (Wildman–Crippen LogP) is 6.30. The highest BCUT2D eigenvalue weighted by atomic mass is 35.5. The lowest BCUT2D eigenvalue weighted by Gasteiger charge is -2.28. The third kappa shape index (κ3) is 5.61. The number of hydrogen-bond acceptors (Lipinski definition) is 3. The van der Waals surface area contributed by atoms with Crippen molar-refractivity contribution in [2.24, 2.45) is 0 Å². The molecule has 35 heavy (non-hydrogen) atoms. The van der Waals surface area contributed by atoms with Crippen molar-refractivity contribution in [3.63, 3.8) is 0 Å². The summed E-state index contributed by atoms with van der Waals surface area (Å²) in [6, 6.07) is 11.6. The number of benzene rings is 2. The molecule has 2 amide bonds. The molecule has 1 aromatic heterocycles. The second-order valence-electron chi connectivity index (χ2n) is 8.70. The van der Waals surface area contributed by atoms with Crippen LogP contribution in [0.25, 0.3) is 0 Å². The van der Waals surface area contributed by atoms with Crippen LogP contribution in [0.1, 0.15) is 66.6 Å². The number of aryl methyl sites for hydroxylation is 1. The van der Waals surface area contributed by atoms with Crippen LogP contribution in [-0.4, -0.2) is 32.2 Å². The highest BCUT2D eigenvalue weighted by Crippen LogP contribution is 2.33. The molecule has 1 N–H and O–H groups in total. The van der Waals surface area contributed by atoms with Gasteiger partial charge in [-0.15, -0.1) is 10.2 Å². The summed E-state index contributed by atoms with van der Waals surface area (Å²) in [5.74, 6) is 1.46. The standard InChI is InChI=1S/C25H27ClF3N5O/c1-3-21(18-8-10-19(11-9-18)25(27,28)29)30-24(35)33-14-4-5-22(33)23-32-31-16(2)34(23)15-17-6-12-20(26)13-7-17/h6-13,21-22H,3-5,14-15H2,1-2H3,(H,30,35)/t21-,22+/m0/s1. The number of carbonyl (C=O) groups excluding carboxylic acids is 1. The summed E-state index contributed by atoms with van der Waals surface area (Å²) in [4.78, 5) is 15.0. The normalized spacial score (nSPS) is 17.0. The van der Waals surface area contributed by atoms with Crippen LogP contribution in [0.3, 0.4) is 0 Å². The molecule has 1 saturated heterocycles. The first-order valence-corrected chi connectivity index (χ1v) is 11.9.